The first-order valence-electron chi connectivity index (χ1n) is 5.19. The normalized spacial score (nSPS) is 9.78. The van der Waals surface area contributed by atoms with Crippen LogP contribution in [0.5, 0.6) is 6.01 Å². The van der Waals surface area contributed by atoms with Gasteiger partial charge in [-0.05, 0) is 19.9 Å². The molecule has 0 aromatic carbocycles. The fraction of sp³-hybridized carbons (Fsp3) is 0.364. The van der Waals surface area contributed by atoms with Crippen LogP contribution >= 0.6 is 23.2 Å². The summed E-state index contributed by atoms with van der Waals surface area (Å²) in [7, 11) is 0. The van der Waals surface area contributed by atoms with Crippen molar-refractivity contribution in [3.8, 4) is 6.01 Å². The van der Waals surface area contributed by atoms with E-state index in [0.717, 1.165) is 0 Å². The van der Waals surface area contributed by atoms with Gasteiger partial charge in [-0.3, -0.25) is 0 Å². The summed E-state index contributed by atoms with van der Waals surface area (Å²) < 4.78 is 10.1. The molecule has 0 aliphatic carbocycles. The highest BCUT2D eigenvalue weighted by atomic mass is 35.5. The Morgan fingerprint density at radius 3 is 2.78 bits per heavy atom. The second kappa shape index (κ2) is 7.18. The first-order chi connectivity index (χ1) is 8.54. The Bertz CT molecular complexity index is 460. The average molecular weight is 291 g/mol. The van der Waals surface area contributed by atoms with Crippen molar-refractivity contribution in [2.24, 2.45) is 0 Å². The molecule has 0 aliphatic heterocycles. The van der Waals surface area contributed by atoms with E-state index in [1.165, 1.54) is 12.3 Å². The molecule has 0 saturated heterocycles. The minimum atomic E-state index is -0.453. The highest BCUT2D eigenvalue weighted by molar-refractivity contribution is 6.55. The van der Waals surface area contributed by atoms with Crippen molar-refractivity contribution in [3.63, 3.8) is 0 Å². The third kappa shape index (κ3) is 4.50. The second-order valence-corrected chi connectivity index (χ2v) is 4.18. The molecule has 0 fully saturated rings. The monoisotopic (exact) mass is 290 g/mol. The highest BCUT2D eigenvalue weighted by Gasteiger charge is 2.12. The molecule has 18 heavy (non-hydrogen) atoms. The Kier molecular flexibility index (Phi) is 5.88. The maximum atomic E-state index is 11.5. The average Bonchev–Trinajstić information content (AvgIpc) is 2.28. The van der Waals surface area contributed by atoms with E-state index in [4.69, 9.17) is 32.7 Å². The second-order valence-electron chi connectivity index (χ2n) is 3.18. The van der Waals surface area contributed by atoms with Crippen molar-refractivity contribution < 1.29 is 14.3 Å². The largest absolute Gasteiger partial charge is 0.462 e. The molecular weight excluding hydrogens is 279 g/mol. The summed E-state index contributed by atoms with van der Waals surface area (Å²) in [6, 6.07) is 0.145. The summed E-state index contributed by atoms with van der Waals surface area (Å²) in [4.78, 5) is 19.4. The maximum absolute atomic E-state index is 11.5. The lowest BCUT2D eigenvalue weighted by atomic mass is 10.2. The van der Waals surface area contributed by atoms with Gasteiger partial charge in [-0.15, -0.1) is 0 Å². The van der Waals surface area contributed by atoms with E-state index in [1.807, 2.05) is 0 Å². The molecule has 0 atom stereocenters. The molecule has 0 unspecified atom stereocenters. The van der Waals surface area contributed by atoms with E-state index in [9.17, 15) is 4.79 Å². The number of carbonyl (C=O) groups excluding carboxylic acids is 1. The molecule has 5 nitrogen and oxygen atoms in total. The van der Waals surface area contributed by atoms with Crippen molar-refractivity contribution in [1.29, 1.82) is 0 Å². The first kappa shape index (κ1) is 14.7. The first-order valence-corrected chi connectivity index (χ1v) is 5.95. The third-order valence-electron chi connectivity index (χ3n) is 1.90. The van der Waals surface area contributed by atoms with Gasteiger partial charge in [0, 0.05) is 6.20 Å². The number of hydrogen-bond acceptors (Lipinski definition) is 5. The van der Waals surface area contributed by atoms with Crippen LogP contribution in [0.3, 0.4) is 0 Å². The molecule has 1 heterocycles. The topological polar surface area (TPSA) is 61.3 Å². The van der Waals surface area contributed by atoms with Crippen LogP contribution in [0.1, 0.15) is 23.0 Å². The van der Waals surface area contributed by atoms with E-state index in [-0.39, 0.29) is 17.1 Å². The van der Waals surface area contributed by atoms with Crippen LogP contribution < -0.4 is 4.74 Å². The number of nitrogens with zero attached hydrogens (tertiary/aromatic N) is 2. The molecule has 1 rings (SSSR count). The number of halogens is 2. The molecule has 1 aromatic heterocycles. The Balaban J connectivity index is 2.73. The molecule has 7 heteroatoms. The van der Waals surface area contributed by atoms with Crippen LogP contribution in [0.2, 0.25) is 0 Å². The van der Waals surface area contributed by atoms with Crippen LogP contribution in [0.4, 0.5) is 0 Å². The van der Waals surface area contributed by atoms with Crippen molar-refractivity contribution in [2.75, 3.05) is 13.2 Å². The predicted molar refractivity (Wildman–Crippen MR) is 68.0 cm³/mol. The van der Waals surface area contributed by atoms with Gasteiger partial charge in [0.1, 0.15) is 11.1 Å². The standard InChI is InChI=1S/C11H12Cl2N2O3/c1-3-17-10(16)8-6-14-11(15-7(8)2)18-5-4-9(12)13/h4,6H,3,5H2,1-2H3. The number of aromatic nitrogens is 2. The molecule has 0 spiro atoms. The Morgan fingerprint density at radius 2 is 2.22 bits per heavy atom. The molecule has 0 radical (unpaired) electrons. The molecular formula is C11H12Cl2N2O3. The number of hydrogen-bond donors (Lipinski definition) is 0. The molecule has 0 bridgehead atoms. The number of ether oxygens (including phenoxy) is 2. The minimum Gasteiger partial charge on any atom is -0.462 e. The van der Waals surface area contributed by atoms with Crippen molar-refractivity contribution in [1.82, 2.24) is 9.97 Å². The van der Waals surface area contributed by atoms with Crippen molar-refractivity contribution in [2.45, 2.75) is 13.8 Å². The predicted octanol–water partition coefficient (Wildman–Crippen LogP) is 2.66. The fourth-order valence-corrected chi connectivity index (χ4v) is 1.23. The molecule has 0 saturated carbocycles. The Morgan fingerprint density at radius 1 is 1.50 bits per heavy atom. The zero-order valence-corrected chi connectivity index (χ0v) is 11.5. The van der Waals surface area contributed by atoms with Crippen LogP contribution in [-0.2, 0) is 4.74 Å². The summed E-state index contributed by atoms with van der Waals surface area (Å²) in [5.41, 5.74) is 0.800. The van der Waals surface area contributed by atoms with Gasteiger partial charge < -0.3 is 9.47 Å². The van der Waals surface area contributed by atoms with E-state index in [2.05, 4.69) is 9.97 Å². The lowest BCUT2D eigenvalue weighted by Crippen LogP contribution is -2.10. The van der Waals surface area contributed by atoms with E-state index < -0.39 is 5.97 Å². The van der Waals surface area contributed by atoms with Gasteiger partial charge in [-0.25, -0.2) is 9.78 Å². The smallest absolute Gasteiger partial charge is 0.341 e. The minimum absolute atomic E-state index is 0.106. The lowest BCUT2D eigenvalue weighted by Gasteiger charge is -2.06. The van der Waals surface area contributed by atoms with Gasteiger partial charge in [0.25, 0.3) is 0 Å². The van der Waals surface area contributed by atoms with Gasteiger partial charge in [0.15, 0.2) is 0 Å². The molecule has 0 aliphatic rings. The number of carbonyl (C=O) groups is 1. The zero-order chi connectivity index (χ0) is 13.5. The summed E-state index contributed by atoms with van der Waals surface area (Å²) in [6.07, 6.45) is 2.82. The number of aryl methyl sites for hydroxylation is 1. The quantitative estimate of drug-likeness (QED) is 0.780. The molecule has 1 aromatic rings. The van der Waals surface area contributed by atoms with Crippen LogP contribution in [-0.4, -0.2) is 29.2 Å². The maximum Gasteiger partial charge on any atom is 0.341 e. The van der Waals surface area contributed by atoms with Crippen LogP contribution in [0.15, 0.2) is 16.8 Å². The van der Waals surface area contributed by atoms with Gasteiger partial charge >= 0.3 is 12.0 Å². The summed E-state index contributed by atoms with van der Waals surface area (Å²) in [5.74, 6) is -0.453. The zero-order valence-electron chi connectivity index (χ0n) is 9.94. The van der Waals surface area contributed by atoms with Crippen LogP contribution in [0.25, 0.3) is 0 Å². The summed E-state index contributed by atoms with van der Waals surface area (Å²) >= 11 is 10.8. The van der Waals surface area contributed by atoms with Crippen molar-refractivity contribution >= 4 is 29.2 Å². The summed E-state index contributed by atoms with van der Waals surface area (Å²) in [5, 5.41) is 0. The third-order valence-corrected chi connectivity index (χ3v) is 2.21. The molecule has 98 valence electrons. The lowest BCUT2D eigenvalue weighted by molar-refractivity contribution is 0.0524. The van der Waals surface area contributed by atoms with Gasteiger partial charge in [-0.2, -0.15) is 4.98 Å². The molecule has 0 amide bonds. The SMILES string of the molecule is CCOC(=O)c1cnc(OCC=C(Cl)Cl)nc1C. The van der Waals surface area contributed by atoms with Crippen LogP contribution in [0, 0.1) is 6.92 Å². The fourth-order valence-electron chi connectivity index (χ4n) is 1.10. The summed E-state index contributed by atoms with van der Waals surface area (Å²) in [6.45, 7) is 3.86. The van der Waals surface area contributed by atoms with E-state index >= 15 is 0 Å². The molecule has 0 N–H and O–H groups in total. The number of esters is 1. The van der Waals surface area contributed by atoms with Gasteiger partial charge in [-0.1, -0.05) is 23.2 Å². The van der Waals surface area contributed by atoms with Gasteiger partial charge in [0.05, 0.1) is 17.9 Å². The number of rotatable bonds is 5. The highest BCUT2D eigenvalue weighted by Crippen LogP contribution is 2.11. The Labute approximate surface area is 115 Å². The van der Waals surface area contributed by atoms with E-state index in [1.54, 1.807) is 13.8 Å². The van der Waals surface area contributed by atoms with Gasteiger partial charge in [0.2, 0.25) is 0 Å². The van der Waals surface area contributed by atoms with E-state index in [0.29, 0.717) is 17.9 Å². The van der Waals surface area contributed by atoms with Crippen molar-refractivity contribution in [3.05, 3.63) is 28.0 Å². The Hall–Kier alpha value is -1.33.